The number of benzene rings is 1. The van der Waals surface area contributed by atoms with Crippen molar-refractivity contribution in [1.29, 1.82) is 0 Å². The maximum atomic E-state index is 11.9. The molecule has 0 bridgehead atoms. The molecule has 1 unspecified atom stereocenters. The van der Waals surface area contributed by atoms with Crippen LogP contribution in [0.4, 0.5) is 5.82 Å². The molecule has 0 saturated carbocycles. The van der Waals surface area contributed by atoms with Crippen molar-refractivity contribution in [3.63, 3.8) is 0 Å². The summed E-state index contributed by atoms with van der Waals surface area (Å²) in [6.45, 7) is 0. The van der Waals surface area contributed by atoms with E-state index in [9.17, 15) is 4.79 Å². The second-order valence-electron chi connectivity index (χ2n) is 4.20. The van der Waals surface area contributed by atoms with Crippen LogP contribution in [0.5, 0.6) is 0 Å². The average molecular weight is 288 g/mol. The van der Waals surface area contributed by atoms with E-state index in [2.05, 4.69) is 10.4 Å². The van der Waals surface area contributed by atoms with Crippen LogP contribution >= 0.6 is 11.8 Å². The highest BCUT2D eigenvalue weighted by Crippen LogP contribution is 2.26. The second-order valence-corrected chi connectivity index (χ2v) is 5.30. The minimum absolute atomic E-state index is 0.202. The molecule has 1 aromatic carbocycles. The van der Waals surface area contributed by atoms with Gasteiger partial charge in [-0.05, 0) is 17.7 Å². The molecule has 5 N–H and O–H groups in total. The summed E-state index contributed by atoms with van der Waals surface area (Å²) < 4.78 is 0. The highest BCUT2D eigenvalue weighted by molar-refractivity contribution is 7.99. The Morgan fingerprint density at radius 2 is 2.00 bits per heavy atom. The fourth-order valence-electron chi connectivity index (χ4n) is 1.77. The predicted octanol–water partition coefficient (Wildman–Crippen LogP) is 1.53. The van der Waals surface area contributed by atoms with Crippen LogP contribution in [0.1, 0.15) is 11.5 Å². The zero-order valence-electron chi connectivity index (χ0n) is 10.8. The normalized spacial score (nSPS) is 11.8. The lowest BCUT2D eigenvalue weighted by Gasteiger charge is -2.15. The third kappa shape index (κ3) is 3.72. The zero-order valence-corrected chi connectivity index (χ0v) is 11.6. The van der Waals surface area contributed by atoms with Crippen LogP contribution in [-0.2, 0) is 4.79 Å². The van der Waals surface area contributed by atoms with Gasteiger partial charge in [0.2, 0.25) is 5.91 Å². The maximum absolute atomic E-state index is 11.9. The molecule has 0 radical (unpaired) electrons. The summed E-state index contributed by atoms with van der Waals surface area (Å²) in [7, 11) is 0. The Balaban J connectivity index is 2.09. The van der Waals surface area contributed by atoms with Crippen molar-refractivity contribution in [1.82, 2.24) is 10.4 Å². The average Bonchev–Trinajstić information content (AvgIpc) is 2.50. The van der Waals surface area contributed by atoms with Crippen molar-refractivity contribution in [2.75, 3.05) is 11.5 Å². The predicted molar refractivity (Wildman–Crippen MR) is 80.9 cm³/mol. The number of nitrogen functional groups attached to an aromatic ring is 1. The maximum Gasteiger partial charge on any atom is 0.242 e. The molecule has 20 heavy (non-hydrogen) atoms. The number of carbonyl (C=O) groups excluding carboxylic acids is 1. The highest BCUT2D eigenvalue weighted by Gasteiger charge is 2.19. The van der Waals surface area contributed by atoms with Crippen LogP contribution in [-0.4, -0.2) is 16.6 Å². The van der Waals surface area contributed by atoms with Gasteiger partial charge in [0.05, 0.1) is 5.92 Å². The summed E-state index contributed by atoms with van der Waals surface area (Å²) in [5, 5.41) is 0. The lowest BCUT2D eigenvalue weighted by atomic mass is 10.0. The second kappa shape index (κ2) is 6.93. The molecule has 0 aliphatic rings. The molecule has 0 aliphatic heterocycles. The number of hydrazine groups is 1. The van der Waals surface area contributed by atoms with Gasteiger partial charge in [0.25, 0.3) is 0 Å². The van der Waals surface area contributed by atoms with E-state index in [1.807, 2.05) is 36.4 Å². The Morgan fingerprint density at radius 3 is 2.60 bits per heavy atom. The van der Waals surface area contributed by atoms with Gasteiger partial charge in [-0.25, -0.2) is 10.8 Å². The van der Waals surface area contributed by atoms with E-state index in [1.165, 1.54) is 0 Å². The number of nitrogens with zero attached hydrogens (tertiary/aromatic N) is 1. The number of carbonyl (C=O) groups is 1. The molecule has 0 aliphatic carbocycles. The summed E-state index contributed by atoms with van der Waals surface area (Å²) in [6, 6.07) is 13.2. The fourth-order valence-corrected chi connectivity index (χ4v) is 2.76. The van der Waals surface area contributed by atoms with Gasteiger partial charge >= 0.3 is 0 Å². The van der Waals surface area contributed by atoms with Crippen molar-refractivity contribution in [3.05, 3.63) is 54.2 Å². The number of rotatable bonds is 5. The number of aromatic nitrogens is 1. The number of anilines is 1. The first-order chi connectivity index (χ1) is 9.70. The van der Waals surface area contributed by atoms with E-state index in [4.69, 9.17) is 11.6 Å². The Hall–Kier alpha value is -2.05. The molecule has 0 fully saturated rings. The Kier molecular flexibility index (Phi) is 4.97. The number of hydrogen-bond acceptors (Lipinski definition) is 5. The first kappa shape index (κ1) is 14.4. The number of thioether (sulfide) groups is 1. The van der Waals surface area contributed by atoms with Crippen molar-refractivity contribution in [2.45, 2.75) is 10.8 Å². The smallest absolute Gasteiger partial charge is 0.242 e. The van der Waals surface area contributed by atoms with Gasteiger partial charge in [0, 0.05) is 16.8 Å². The lowest BCUT2D eigenvalue weighted by molar-refractivity contribution is -0.122. The molecule has 5 nitrogen and oxygen atoms in total. The zero-order chi connectivity index (χ0) is 14.4. The van der Waals surface area contributed by atoms with Crippen molar-refractivity contribution in [3.8, 4) is 0 Å². The number of amides is 1. The topological polar surface area (TPSA) is 94.0 Å². The Morgan fingerprint density at radius 1 is 1.25 bits per heavy atom. The molecular formula is C14H16N4OS. The van der Waals surface area contributed by atoms with Crippen LogP contribution < -0.4 is 17.0 Å². The van der Waals surface area contributed by atoms with Crippen LogP contribution in [0.25, 0.3) is 0 Å². The van der Waals surface area contributed by atoms with Crippen LogP contribution in [0, 0.1) is 0 Å². The van der Waals surface area contributed by atoms with Gasteiger partial charge in [-0.1, -0.05) is 30.3 Å². The van der Waals surface area contributed by atoms with E-state index in [-0.39, 0.29) is 11.8 Å². The van der Waals surface area contributed by atoms with Crippen molar-refractivity contribution >= 4 is 23.5 Å². The minimum Gasteiger partial charge on any atom is -0.384 e. The van der Waals surface area contributed by atoms with E-state index in [0.29, 0.717) is 11.6 Å². The molecule has 104 valence electrons. The number of nitrogens with one attached hydrogen (secondary N) is 1. The van der Waals surface area contributed by atoms with Crippen LogP contribution in [0.2, 0.25) is 0 Å². The number of hydrogen-bond donors (Lipinski definition) is 3. The molecule has 2 aromatic rings. The first-order valence-corrected chi connectivity index (χ1v) is 7.09. The largest absolute Gasteiger partial charge is 0.384 e. The van der Waals surface area contributed by atoms with E-state index >= 15 is 0 Å². The molecule has 2 rings (SSSR count). The summed E-state index contributed by atoms with van der Waals surface area (Å²) in [4.78, 5) is 16.9. The van der Waals surface area contributed by atoms with Crippen molar-refractivity contribution < 1.29 is 4.79 Å². The van der Waals surface area contributed by atoms with Crippen molar-refractivity contribution in [2.24, 2.45) is 5.84 Å². The monoisotopic (exact) mass is 288 g/mol. The third-order valence-electron chi connectivity index (χ3n) is 2.84. The van der Waals surface area contributed by atoms with Gasteiger partial charge in [-0.3, -0.25) is 10.2 Å². The van der Waals surface area contributed by atoms with Gasteiger partial charge in [-0.15, -0.1) is 11.8 Å². The molecule has 1 amide bonds. The molecule has 0 saturated heterocycles. The van der Waals surface area contributed by atoms with E-state index in [1.54, 1.807) is 24.0 Å². The number of pyridine rings is 1. The molecular weight excluding hydrogens is 272 g/mol. The summed E-state index contributed by atoms with van der Waals surface area (Å²) in [6.07, 6.45) is 1.70. The van der Waals surface area contributed by atoms with Crippen LogP contribution in [0.3, 0.4) is 0 Å². The molecule has 1 heterocycles. The van der Waals surface area contributed by atoms with Gasteiger partial charge in [-0.2, -0.15) is 0 Å². The van der Waals surface area contributed by atoms with E-state index in [0.717, 1.165) is 10.5 Å². The minimum atomic E-state index is -0.302. The van der Waals surface area contributed by atoms with Gasteiger partial charge in [0.1, 0.15) is 5.82 Å². The first-order valence-electron chi connectivity index (χ1n) is 6.10. The highest BCUT2D eigenvalue weighted by atomic mass is 32.2. The van der Waals surface area contributed by atoms with Gasteiger partial charge in [0.15, 0.2) is 0 Å². The summed E-state index contributed by atoms with van der Waals surface area (Å²) in [5.41, 5.74) is 8.70. The summed E-state index contributed by atoms with van der Waals surface area (Å²) in [5.74, 6) is 5.82. The molecule has 0 spiro atoms. The number of nitrogens with two attached hydrogens (primary N) is 2. The quantitative estimate of drug-likeness (QED) is 0.336. The standard InChI is InChI=1S/C14H16N4OS/c15-13-7-6-11(8-17-13)20-9-12(14(19)18-16)10-4-2-1-3-5-10/h1-8,12H,9,16H2,(H2,15,17)(H,18,19). The lowest BCUT2D eigenvalue weighted by Crippen LogP contribution is -2.35. The third-order valence-corrected chi connectivity index (χ3v) is 3.91. The Labute approximate surface area is 121 Å². The summed E-state index contributed by atoms with van der Waals surface area (Å²) >= 11 is 1.54. The van der Waals surface area contributed by atoms with Crippen LogP contribution in [0.15, 0.2) is 53.6 Å². The molecule has 6 heteroatoms. The molecule has 1 aromatic heterocycles. The van der Waals surface area contributed by atoms with E-state index < -0.39 is 0 Å². The molecule has 1 atom stereocenters. The SMILES string of the molecule is NNC(=O)C(CSc1ccc(N)nc1)c1ccccc1. The van der Waals surface area contributed by atoms with Gasteiger partial charge < -0.3 is 5.73 Å². The Bertz CT molecular complexity index is 559. The fraction of sp³-hybridized carbons (Fsp3) is 0.143.